The minimum Gasteiger partial charge on any atom is -0.493 e. The van der Waals surface area contributed by atoms with E-state index in [1.807, 2.05) is 0 Å². The Morgan fingerprint density at radius 3 is 2.64 bits per heavy atom. The molecule has 1 aromatic carbocycles. The quantitative estimate of drug-likeness (QED) is 0.195. The predicted molar refractivity (Wildman–Crippen MR) is 106 cm³/mol. The number of phosphoric acid groups is 1. The maximum Gasteiger partial charge on any atom is 0.472 e. The first-order valence-corrected chi connectivity index (χ1v) is 10.7. The lowest BCUT2D eigenvalue weighted by molar-refractivity contribution is -0.121. The van der Waals surface area contributed by atoms with Gasteiger partial charge in [-0.3, -0.25) is 4.79 Å². The molecule has 0 aromatic heterocycles. The zero-order chi connectivity index (χ0) is 21.0. The van der Waals surface area contributed by atoms with E-state index in [9.17, 15) is 9.36 Å². The van der Waals surface area contributed by atoms with Gasteiger partial charge in [0.1, 0.15) is 0 Å². The molecule has 0 unspecified atom stereocenters. The van der Waals surface area contributed by atoms with E-state index in [1.54, 1.807) is 18.2 Å². The van der Waals surface area contributed by atoms with Crippen LogP contribution in [0, 0.1) is 5.92 Å². The monoisotopic (exact) mass is 415 g/mol. The molecule has 0 spiro atoms. The van der Waals surface area contributed by atoms with Crippen molar-refractivity contribution < 1.29 is 33.1 Å². The molecule has 0 radical (unpaired) electrons. The number of rotatable bonds is 13. The number of unbranched alkanes of at least 4 members (excludes halogenated alkanes) is 2. The lowest BCUT2D eigenvalue weighted by Gasteiger charge is -2.13. The molecule has 9 heteroatoms. The third kappa shape index (κ3) is 11.1. The van der Waals surface area contributed by atoms with Gasteiger partial charge in [-0.25, -0.2) is 9.09 Å². The SMILES string of the molecule is COc1cc(CNC(=O)CCCC/C=C\C(C)C)ccc1OCOP(=O)(O)O. The number of hydrogen-bond donors (Lipinski definition) is 3. The van der Waals surface area contributed by atoms with E-state index in [2.05, 4.69) is 35.8 Å². The first-order valence-electron chi connectivity index (χ1n) is 9.14. The van der Waals surface area contributed by atoms with E-state index in [0.717, 1.165) is 24.8 Å². The van der Waals surface area contributed by atoms with Crippen molar-refractivity contribution in [3.8, 4) is 11.5 Å². The molecular weight excluding hydrogens is 385 g/mol. The summed E-state index contributed by atoms with van der Waals surface area (Å²) < 4.78 is 25.2. The smallest absolute Gasteiger partial charge is 0.472 e. The van der Waals surface area contributed by atoms with E-state index < -0.39 is 14.6 Å². The molecule has 0 aliphatic carbocycles. The minimum atomic E-state index is -4.60. The molecule has 3 N–H and O–H groups in total. The highest BCUT2D eigenvalue weighted by atomic mass is 31.2. The molecule has 158 valence electrons. The molecule has 0 aliphatic heterocycles. The molecule has 28 heavy (non-hydrogen) atoms. The van der Waals surface area contributed by atoms with Crippen molar-refractivity contribution in [2.24, 2.45) is 5.92 Å². The highest BCUT2D eigenvalue weighted by Crippen LogP contribution is 2.36. The van der Waals surface area contributed by atoms with Crippen molar-refractivity contribution in [2.75, 3.05) is 13.9 Å². The molecule has 0 bridgehead atoms. The van der Waals surface area contributed by atoms with Crippen LogP contribution in [0.25, 0.3) is 0 Å². The Kier molecular flexibility index (Phi) is 10.9. The number of nitrogens with one attached hydrogen (secondary N) is 1. The summed E-state index contributed by atoms with van der Waals surface area (Å²) >= 11 is 0. The third-order valence-corrected chi connectivity index (χ3v) is 4.14. The van der Waals surface area contributed by atoms with Gasteiger partial charge in [-0.15, -0.1) is 0 Å². The largest absolute Gasteiger partial charge is 0.493 e. The second kappa shape index (κ2) is 12.6. The van der Waals surface area contributed by atoms with E-state index in [4.69, 9.17) is 19.3 Å². The van der Waals surface area contributed by atoms with Crippen LogP contribution in [-0.4, -0.2) is 29.6 Å². The van der Waals surface area contributed by atoms with Gasteiger partial charge in [-0.2, -0.15) is 0 Å². The summed E-state index contributed by atoms with van der Waals surface area (Å²) in [5.74, 6) is 1.19. The standard InChI is InChI=1S/C19H30NO7P/c1-15(2)8-6-4-5-7-9-19(21)20-13-16-10-11-17(18(12-16)25-3)26-14-27-28(22,23)24/h6,8,10-12,15H,4-5,7,9,13-14H2,1-3H3,(H,20,21)(H2,22,23,24)/b8-6-. The molecular formula is C19H30NO7P. The highest BCUT2D eigenvalue weighted by molar-refractivity contribution is 7.46. The van der Waals surface area contributed by atoms with Crippen molar-refractivity contribution in [3.63, 3.8) is 0 Å². The van der Waals surface area contributed by atoms with E-state index >= 15 is 0 Å². The van der Waals surface area contributed by atoms with Gasteiger partial charge in [0.15, 0.2) is 11.5 Å². The fourth-order valence-corrected chi connectivity index (χ4v) is 2.49. The van der Waals surface area contributed by atoms with Crippen LogP contribution in [0.3, 0.4) is 0 Å². The minimum absolute atomic E-state index is 0.0119. The Bertz CT molecular complexity index is 685. The van der Waals surface area contributed by atoms with Gasteiger partial charge in [0, 0.05) is 13.0 Å². The van der Waals surface area contributed by atoms with Crippen LogP contribution < -0.4 is 14.8 Å². The van der Waals surface area contributed by atoms with Crippen LogP contribution in [0.5, 0.6) is 11.5 Å². The van der Waals surface area contributed by atoms with Crippen LogP contribution >= 0.6 is 7.82 Å². The summed E-state index contributed by atoms with van der Waals surface area (Å²) in [7, 11) is -3.15. The molecule has 8 nitrogen and oxygen atoms in total. The average Bonchev–Trinajstić information content (AvgIpc) is 2.62. The predicted octanol–water partition coefficient (Wildman–Crippen LogP) is 3.53. The van der Waals surface area contributed by atoms with Crippen LogP contribution in [0.15, 0.2) is 30.4 Å². The van der Waals surface area contributed by atoms with Crippen LogP contribution in [0.2, 0.25) is 0 Å². The Balaban J connectivity index is 2.39. The number of methoxy groups -OCH3 is 1. The fourth-order valence-electron chi connectivity index (χ4n) is 2.30. The molecule has 1 amide bonds. The number of ether oxygens (including phenoxy) is 2. The van der Waals surface area contributed by atoms with Crippen molar-refractivity contribution in [1.29, 1.82) is 0 Å². The number of carbonyl (C=O) groups excluding carboxylic acids is 1. The Morgan fingerprint density at radius 2 is 2.00 bits per heavy atom. The topological polar surface area (TPSA) is 114 Å². The summed E-state index contributed by atoms with van der Waals surface area (Å²) in [5, 5.41) is 2.86. The first-order chi connectivity index (χ1) is 13.2. The van der Waals surface area contributed by atoms with Crippen LogP contribution in [-0.2, 0) is 20.4 Å². The zero-order valence-electron chi connectivity index (χ0n) is 16.6. The Hall–Kier alpha value is -1.86. The summed E-state index contributed by atoms with van der Waals surface area (Å²) in [4.78, 5) is 29.2. The summed E-state index contributed by atoms with van der Waals surface area (Å²) in [6.07, 6.45) is 7.60. The van der Waals surface area contributed by atoms with Gasteiger partial charge in [-0.05, 0) is 42.9 Å². The number of carbonyl (C=O) groups is 1. The first kappa shape index (κ1) is 24.2. The maximum absolute atomic E-state index is 11.9. The van der Waals surface area contributed by atoms with Gasteiger partial charge in [0.2, 0.25) is 12.7 Å². The second-order valence-electron chi connectivity index (χ2n) is 6.56. The van der Waals surface area contributed by atoms with Gasteiger partial charge in [-0.1, -0.05) is 32.1 Å². The van der Waals surface area contributed by atoms with Gasteiger partial charge in [0.05, 0.1) is 7.11 Å². The van der Waals surface area contributed by atoms with E-state index in [0.29, 0.717) is 24.6 Å². The zero-order valence-corrected chi connectivity index (χ0v) is 17.5. The second-order valence-corrected chi connectivity index (χ2v) is 7.80. The van der Waals surface area contributed by atoms with Crippen molar-refractivity contribution in [3.05, 3.63) is 35.9 Å². The van der Waals surface area contributed by atoms with Crippen LogP contribution in [0.4, 0.5) is 0 Å². The number of benzene rings is 1. The average molecular weight is 415 g/mol. The van der Waals surface area contributed by atoms with Crippen molar-refractivity contribution in [1.82, 2.24) is 5.32 Å². The highest BCUT2D eigenvalue weighted by Gasteiger charge is 2.15. The molecule has 1 aromatic rings. The van der Waals surface area contributed by atoms with Crippen molar-refractivity contribution >= 4 is 13.7 Å². The number of amides is 1. The lowest BCUT2D eigenvalue weighted by atomic mass is 10.1. The summed E-state index contributed by atoms with van der Waals surface area (Å²) in [5.41, 5.74) is 0.813. The molecule has 0 saturated heterocycles. The Labute approximate surface area is 166 Å². The molecule has 0 saturated carbocycles. The van der Waals surface area contributed by atoms with Gasteiger partial charge in [0.25, 0.3) is 0 Å². The third-order valence-electron chi connectivity index (χ3n) is 3.70. The van der Waals surface area contributed by atoms with Crippen molar-refractivity contribution in [2.45, 2.75) is 46.1 Å². The normalized spacial score (nSPS) is 11.8. The van der Waals surface area contributed by atoms with Gasteiger partial charge >= 0.3 is 7.82 Å². The number of phosphoric ester groups is 1. The fraction of sp³-hybridized carbons (Fsp3) is 0.526. The molecule has 0 fully saturated rings. The van der Waals surface area contributed by atoms with E-state index in [1.165, 1.54) is 7.11 Å². The summed E-state index contributed by atoms with van der Waals surface area (Å²) in [6.45, 7) is 4.01. The Morgan fingerprint density at radius 1 is 1.25 bits per heavy atom. The van der Waals surface area contributed by atoms with Gasteiger partial charge < -0.3 is 24.6 Å². The molecule has 1 rings (SSSR count). The summed E-state index contributed by atoms with van der Waals surface area (Å²) in [6, 6.07) is 5.00. The van der Waals surface area contributed by atoms with E-state index in [-0.39, 0.29) is 11.7 Å². The lowest BCUT2D eigenvalue weighted by Crippen LogP contribution is -2.22. The molecule has 0 heterocycles. The number of allylic oxidation sites excluding steroid dienone is 2. The number of hydrogen-bond acceptors (Lipinski definition) is 5. The van der Waals surface area contributed by atoms with Crippen LogP contribution in [0.1, 0.15) is 45.1 Å². The molecule has 0 aliphatic rings. The molecule has 0 atom stereocenters. The maximum atomic E-state index is 11.9.